The third-order valence-electron chi connectivity index (χ3n) is 7.91. The van der Waals surface area contributed by atoms with E-state index >= 15 is 0 Å². The van der Waals surface area contributed by atoms with Gasteiger partial charge in [0.05, 0.1) is 30.1 Å². The number of dihydropyridines is 1. The molecule has 0 bridgehead atoms. The lowest BCUT2D eigenvalue weighted by Crippen LogP contribution is -2.50. The number of pyridine rings is 1. The number of aromatic nitrogens is 1. The molecule has 1 aliphatic carbocycles. The number of fused-ring (bicyclic) bond motifs is 1. The van der Waals surface area contributed by atoms with Gasteiger partial charge >= 0.3 is 6.03 Å². The van der Waals surface area contributed by atoms with Crippen LogP contribution in [-0.4, -0.2) is 33.9 Å². The van der Waals surface area contributed by atoms with E-state index in [4.69, 9.17) is 0 Å². The highest BCUT2D eigenvalue weighted by molar-refractivity contribution is 5.83. The van der Waals surface area contributed by atoms with Gasteiger partial charge in [-0.15, -0.1) is 0 Å². The molecule has 208 valence electrons. The summed E-state index contributed by atoms with van der Waals surface area (Å²) in [5, 5.41) is 30.6. The van der Waals surface area contributed by atoms with Gasteiger partial charge < -0.3 is 26.2 Å². The molecular formula is C31H32F2N4O3. The molecule has 2 amide bonds. The molecule has 5 rings (SSSR count). The molecule has 0 radical (unpaired) electrons. The van der Waals surface area contributed by atoms with Gasteiger partial charge in [0.1, 0.15) is 5.54 Å². The van der Waals surface area contributed by atoms with E-state index in [0.29, 0.717) is 22.5 Å². The number of carbonyl (C=O) groups is 1. The molecule has 40 heavy (non-hydrogen) atoms. The van der Waals surface area contributed by atoms with Gasteiger partial charge in [0, 0.05) is 12.4 Å². The summed E-state index contributed by atoms with van der Waals surface area (Å²) in [6.45, 7) is 5.29. The smallest absolute Gasteiger partial charge is 0.319 e. The monoisotopic (exact) mass is 546 g/mol. The second-order valence-corrected chi connectivity index (χ2v) is 11.0. The Bertz CT molecular complexity index is 1490. The van der Waals surface area contributed by atoms with Crippen molar-refractivity contribution in [3.05, 3.63) is 118 Å². The molecule has 7 nitrogen and oxygen atoms in total. The lowest BCUT2D eigenvalue weighted by molar-refractivity contribution is 0.0870. The van der Waals surface area contributed by atoms with E-state index in [9.17, 15) is 23.8 Å². The van der Waals surface area contributed by atoms with Gasteiger partial charge in [0.15, 0.2) is 11.6 Å². The second-order valence-electron chi connectivity index (χ2n) is 11.0. The molecule has 3 atom stereocenters. The summed E-state index contributed by atoms with van der Waals surface area (Å²) >= 11 is 0. The molecule has 2 aliphatic rings. The molecular weight excluding hydrogens is 514 g/mol. The number of aliphatic hydroxyl groups excluding tert-OH is 2. The molecule has 1 aromatic heterocycles. The van der Waals surface area contributed by atoms with Crippen LogP contribution in [0.3, 0.4) is 0 Å². The fourth-order valence-corrected chi connectivity index (χ4v) is 5.75. The quantitative estimate of drug-likeness (QED) is 0.323. The van der Waals surface area contributed by atoms with Crippen molar-refractivity contribution in [1.82, 2.24) is 20.9 Å². The summed E-state index contributed by atoms with van der Waals surface area (Å²) in [5.41, 5.74) is 2.63. The van der Waals surface area contributed by atoms with Gasteiger partial charge in [-0.25, -0.2) is 13.6 Å². The van der Waals surface area contributed by atoms with Crippen molar-refractivity contribution in [3.8, 4) is 0 Å². The number of allylic oxidation sites excluding steroid dienone is 1. The Hall–Kier alpha value is -4.08. The fraction of sp³-hybridized carbons (Fsp3) is 0.290. The molecule has 2 aromatic carbocycles. The fourth-order valence-electron chi connectivity index (χ4n) is 5.75. The zero-order chi connectivity index (χ0) is 28.7. The highest BCUT2D eigenvalue weighted by Gasteiger charge is 2.41. The first-order valence-corrected chi connectivity index (χ1v) is 13.1. The van der Waals surface area contributed by atoms with Crippen LogP contribution in [0.5, 0.6) is 0 Å². The van der Waals surface area contributed by atoms with E-state index in [-0.39, 0.29) is 13.0 Å². The van der Waals surface area contributed by atoms with E-state index in [2.05, 4.69) is 20.9 Å². The number of urea groups is 1. The van der Waals surface area contributed by atoms with Crippen LogP contribution < -0.4 is 16.0 Å². The number of hydrogen-bond acceptors (Lipinski definition) is 5. The Kier molecular flexibility index (Phi) is 7.20. The van der Waals surface area contributed by atoms with Crippen molar-refractivity contribution in [3.63, 3.8) is 0 Å². The minimum atomic E-state index is -1.04. The first kappa shape index (κ1) is 27.5. The summed E-state index contributed by atoms with van der Waals surface area (Å²) in [7, 11) is 0. The minimum Gasteiger partial charge on any atom is -0.393 e. The SMILES string of the molecule is CC1=CC(NC(=O)N[C@@H]2c3cc(F)c(F)cc3C(C)(C)C[C@H]2O)=C(c2ccccc2)NC1(CO)c1ccncc1. The summed E-state index contributed by atoms with van der Waals surface area (Å²) in [5.74, 6) is -2.02. The largest absolute Gasteiger partial charge is 0.393 e. The Morgan fingerprint density at radius 1 is 1.10 bits per heavy atom. The molecule has 2 heterocycles. The van der Waals surface area contributed by atoms with Crippen molar-refractivity contribution >= 4 is 11.7 Å². The third kappa shape index (κ3) is 4.87. The zero-order valence-electron chi connectivity index (χ0n) is 22.5. The summed E-state index contributed by atoms with van der Waals surface area (Å²) in [4.78, 5) is 17.5. The van der Waals surface area contributed by atoms with Crippen molar-refractivity contribution < 1.29 is 23.8 Å². The normalized spacial score (nSPS) is 23.5. The molecule has 9 heteroatoms. The lowest BCUT2D eigenvalue weighted by Gasteiger charge is -2.41. The van der Waals surface area contributed by atoms with Crippen LogP contribution in [0.1, 0.15) is 55.5 Å². The number of hydrogen-bond donors (Lipinski definition) is 5. The van der Waals surface area contributed by atoms with Gasteiger partial charge in [-0.1, -0.05) is 44.2 Å². The second kappa shape index (κ2) is 10.5. The maximum Gasteiger partial charge on any atom is 0.319 e. The maximum atomic E-state index is 14.3. The van der Waals surface area contributed by atoms with Gasteiger partial charge in [-0.05, 0) is 76.9 Å². The van der Waals surface area contributed by atoms with E-state index in [1.54, 1.807) is 18.5 Å². The van der Waals surface area contributed by atoms with Gasteiger partial charge in [-0.2, -0.15) is 0 Å². The van der Waals surface area contributed by atoms with Crippen molar-refractivity contribution in [1.29, 1.82) is 0 Å². The Morgan fingerprint density at radius 2 is 1.77 bits per heavy atom. The van der Waals surface area contributed by atoms with Crippen LogP contribution in [0, 0.1) is 11.6 Å². The van der Waals surface area contributed by atoms with Crippen LogP contribution in [0.25, 0.3) is 5.70 Å². The molecule has 0 spiro atoms. The number of amides is 2. The predicted octanol–water partition coefficient (Wildman–Crippen LogP) is 4.55. The van der Waals surface area contributed by atoms with Gasteiger partial charge in [-0.3, -0.25) is 4.98 Å². The predicted molar refractivity (Wildman–Crippen MR) is 148 cm³/mol. The number of nitrogens with zero attached hydrogens (tertiary/aromatic N) is 1. The average molecular weight is 547 g/mol. The Morgan fingerprint density at radius 3 is 2.45 bits per heavy atom. The number of halogens is 2. The van der Waals surface area contributed by atoms with Crippen LogP contribution >= 0.6 is 0 Å². The highest BCUT2D eigenvalue weighted by Crippen LogP contribution is 2.43. The number of nitrogens with one attached hydrogen (secondary N) is 3. The Balaban J connectivity index is 1.50. The summed E-state index contributed by atoms with van der Waals surface area (Å²) in [6.07, 6.45) is 4.32. The zero-order valence-corrected chi connectivity index (χ0v) is 22.5. The topological polar surface area (TPSA) is 107 Å². The van der Waals surface area contributed by atoms with Crippen molar-refractivity contribution in [2.45, 2.75) is 50.3 Å². The highest BCUT2D eigenvalue weighted by atomic mass is 19.2. The summed E-state index contributed by atoms with van der Waals surface area (Å²) in [6, 6.07) is 13.6. The van der Waals surface area contributed by atoms with E-state index in [1.807, 2.05) is 63.2 Å². The molecule has 3 aromatic rings. The molecule has 0 saturated carbocycles. The Labute approximate surface area is 231 Å². The number of aliphatic hydroxyl groups is 2. The van der Waals surface area contributed by atoms with Crippen LogP contribution in [0.15, 0.2) is 84.3 Å². The van der Waals surface area contributed by atoms with Gasteiger partial charge in [0.2, 0.25) is 0 Å². The average Bonchev–Trinajstić information content (AvgIpc) is 2.93. The number of benzene rings is 2. The first-order valence-electron chi connectivity index (χ1n) is 13.1. The molecule has 1 unspecified atom stereocenters. The number of carbonyl (C=O) groups excluding carboxylic acids is 1. The van der Waals surface area contributed by atoms with Crippen LogP contribution in [-0.2, 0) is 11.0 Å². The lowest BCUT2D eigenvalue weighted by atomic mass is 9.69. The third-order valence-corrected chi connectivity index (χ3v) is 7.91. The summed E-state index contributed by atoms with van der Waals surface area (Å²) < 4.78 is 28.4. The van der Waals surface area contributed by atoms with E-state index in [1.165, 1.54) is 0 Å². The van der Waals surface area contributed by atoms with Crippen molar-refractivity contribution in [2.24, 2.45) is 0 Å². The van der Waals surface area contributed by atoms with Crippen molar-refractivity contribution in [2.75, 3.05) is 6.61 Å². The van der Waals surface area contributed by atoms with E-state index < -0.39 is 40.8 Å². The standard InChI is InChI=1S/C31H32F2N4O3/c1-18-13-25(27(19-7-5-4-6-8-19)37-31(18,17-38)20-9-11-34-12-10-20)35-29(40)36-28-21-14-23(32)24(33)15-22(21)30(2,3)16-26(28)39/h4-15,26,28,37-39H,16-17H2,1-3H3,(H2,35,36,40)/t26-,28-,31?/m1/s1. The van der Waals surface area contributed by atoms with Crippen LogP contribution in [0.4, 0.5) is 13.6 Å². The van der Waals surface area contributed by atoms with Gasteiger partial charge in [0.25, 0.3) is 0 Å². The van der Waals surface area contributed by atoms with E-state index in [0.717, 1.165) is 28.8 Å². The maximum absolute atomic E-state index is 14.3. The molecule has 0 saturated heterocycles. The molecule has 1 aliphatic heterocycles. The molecule has 5 N–H and O–H groups in total. The number of rotatable bonds is 5. The minimum absolute atomic E-state index is 0.250. The van der Waals surface area contributed by atoms with Crippen LogP contribution in [0.2, 0.25) is 0 Å². The molecule has 0 fully saturated rings. The first-order chi connectivity index (χ1) is 19.1.